The van der Waals surface area contributed by atoms with Gasteiger partial charge in [-0.1, -0.05) is 52.0 Å². The molecule has 1 rings (SSSR count). The second-order valence-corrected chi connectivity index (χ2v) is 4.89. The van der Waals surface area contributed by atoms with E-state index in [9.17, 15) is 0 Å². The van der Waals surface area contributed by atoms with Crippen LogP contribution in [0.4, 0.5) is 0 Å². The monoisotopic (exact) mass is 227 g/mol. The minimum Gasteiger partial charge on any atom is -0.324 e. The molecule has 0 bridgehead atoms. The molecule has 0 spiro atoms. The first kappa shape index (κ1) is 14.5. The number of nitrogens with two attached hydrogens (primary N) is 1. The molecule has 2 heteroatoms. The minimum atomic E-state index is 0. The molecule has 15 heavy (non-hydrogen) atoms. The van der Waals surface area contributed by atoms with Crippen LogP contribution in [-0.4, -0.2) is 0 Å². The van der Waals surface area contributed by atoms with Gasteiger partial charge in [0.15, 0.2) is 0 Å². The fourth-order valence-corrected chi connectivity index (χ4v) is 1.47. The molecule has 0 amide bonds. The molecule has 1 nitrogen and oxygen atoms in total. The molecule has 0 fully saturated rings. The Bertz CT molecular complexity index is 284. The van der Waals surface area contributed by atoms with Crippen LogP contribution >= 0.6 is 12.4 Å². The van der Waals surface area contributed by atoms with Crippen LogP contribution in [0.1, 0.15) is 51.3 Å². The number of halogens is 1. The van der Waals surface area contributed by atoms with Crippen LogP contribution < -0.4 is 5.73 Å². The molecule has 86 valence electrons. The predicted molar refractivity (Wildman–Crippen MR) is 69.6 cm³/mol. The van der Waals surface area contributed by atoms with E-state index in [4.69, 9.17) is 5.73 Å². The summed E-state index contributed by atoms with van der Waals surface area (Å²) in [5.74, 6) is 0. The quantitative estimate of drug-likeness (QED) is 0.817. The Morgan fingerprint density at radius 2 is 1.60 bits per heavy atom. The Kier molecular flexibility index (Phi) is 5.33. The highest BCUT2D eigenvalue weighted by molar-refractivity contribution is 5.85. The van der Waals surface area contributed by atoms with Gasteiger partial charge in [-0.25, -0.2) is 0 Å². The molecule has 0 saturated carbocycles. The lowest BCUT2D eigenvalue weighted by atomic mass is 9.86. The first-order valence-corrected chi connectivity index (χ1v) is 5.31. The first-order valence-electron chi connectivity index (χ1n) is 5.31. The molecule has 0 aliphatic carbocycles. The van der Waals surface area contributed by atoms with Crippen molar-refractivity contribution >= 4 is 12.4 Å². The van der Waals surface area contributed by atoms with Gasteiger partial charge in [-0.05, 0) is 23.0 Å². The zero-order valence-electron chi connectivity index (χ0n) is 10.1. The van der Waals surface area contributed by atoms with Gasteiger partial charge in [-0.3, -0.25) is 0 Å². The molecule has 0 heterocycles. The lowest BCUT2D eigenvalue weighted by Crippen LogP contribution is -2.12. The van der Waals surface area contributed by atoms with Gasteiger partial charge in [0.2, 0.25) is 0 Å². The lowest BCUT2D eigenvalue weighted by molar-refractivity contribution is 0.589. The summed E-state index contributed by atoms with van der Waals surface area (Å²) < 4.78 is 0. The van der Waals surface area contributed by atoms with E-state index in [1.54, 1.807) is 0 Å². The van der Waals surface area contributed by atoms with E-state index in [0.717, 1.165) is 6.42 Å². The highest BCUT2D eigenvalue weighted by Crippen LogP contribution is 2.23. The van der Waals surface area contributed by atoms with Crippen molar-refractivity contribution in [3.05, 3.63) is 35.4 Å². The normalized spacial score (nSPS) is 13.1. The van der Waals surface area contributed by atoms with Crippen molar-refractivity contribution in [1.29, 1.82) is 0 Å². The maximum Gasteiger partial charge on any atom is 0.0292 e. The van der Waals surface area contributed by atoms with Gasteiger partial charge in [0.25, 0.3) is 0 Å². The van der Waals surface area contributed by atoms with Gasteiger partial charge in [0, 0.05) is 6.04 Å². The van der Waals surface area contributed by atoms with Crippen molar-refractivity contribution in [2.45, 2.75) is 45.6 Å². The summed E-state index contributed by atoms with van der Waals surface area (Å²) in [6.45, 7) is 8.79. The third-order valence-electron chi connectivity index (χ3n) is 2.64. The van der Waals surface area contributed by atoms with Crippen LogP contribution in [-0.2, 0) is 5.41 Å². The Hall–Kier alpha value is -0.530. The molecule has 0 saturated heterocycles. The first-order chi connectivity index (χ1) is 6.45. The van der Waals surface area contributed by atoms with Crippen molar-refractivity contribution in [1.82, 2.24) is 0 Å². The van der Waals surface area contributed by atoms with E-state index >= 15 is 0 Å². The van der Waals surface area contributed by atoms with Gasteiger partial charge in [0.05, 0.1) is 0 Å². The van der Waals surface area contributed by atoms with Crippen LogP contribution in [0.15, 0.2) is 24.3 Å². The molecular weight excluding hydrogens is 206 g/mol. The average Bonchev–Trinajstić information content (AvgIpc) is 2.15. The number of hydrogen-bond donors (Lipinski definition) is 1. The zero-order chi connectivity index (χ0) is 10.8. The van der Waals surface area contributed by atoms with E-state index < -0.39 is 0 Å². The van der Waals surface area contributed by atoms with E-state index in [1.165, 1.54) is 11.1 Å². The molecule has 0 aromatic heterocycles. The summed E-state index contributed by atoms with van der Waals surface area (Å²) in [5, 5.41) is 0. The third kappa shape index (κ3) is 3.84. The summed E-state index contributed by atoms with van der Waals surface area (Å²) in [6.07, 6.45) is 0.995. The molecule has 1 aromatic rings. The van der Waals surface area contributed by atoms with Crippen LogP contribution in [0.5, 0.6) is 0 Å². The van der Waals surface area contributed by atoms with Crippen molar-refractivity contribution in [3.63, 3.8) is 0 Å². The molecule has 0 radical (unpaired) electrons. The van der Waals surface area contributed by atoms with Crippen molar-refractivity contribution in [2.24, 2.45) is 5.73 Å². The van der Waals surface area contributed by atoms with Crippen molar-refractivity contribution < 1.29 is 0 Å². The van der Waals surface area contributed by atoms with Gasteiger partial charge in [-0.2, -0.15) is 0 Å². The minimum absolute atomic E-state index is 0. The second kappa shape index (κ2) is 5.53. The number of rotatable bonds is 2. The van der Waals surface area contributed by atoms with Gasteiger partial charge < -0.3 is 5.73 Å². The van der Waals surface area contributed by atoms with E-state index in [2.05, 4.69) is 52.0 Å². The summed E-state index contributed by atoms with van der Waals surface area (Å²) in [4.78, 5) is 0. The predicted octanol–water partition coefficient (Wildman–Crippen LogP) is 3.82. The summed E-state index contributed by atoms with van der Waals surface area (Å²) >= 11 is 0. The highest BCUT2D eigenvalue weighted by atomic mass is 35.5. The smallest absolute Gasteiger partial charge is 0.0292 e. The Morgan fingerprint density at radius 3 is 1.93 bits per heavy atom. The van der Waals surface area contributed by atoms with Crippen LogP contribution in [0, 0.1) is 0 Å². The standard InChI is InChI=1S/C13H21N.ClH/c1-5-12(14)10-6-8-11(9-7-10)13(2,3)4;/h6-9,12H,5,14H2,1-4H3;1H/t12-;/m0./s1. The lowest BCUT2D eigenvalue weighted by Gasteiger charge is -2.20. The summed E-state index contributed by atoms with van der Waals surface area (Å²) in [6, 6.07) is 8.85. The molecule has 1 aromatic carbocycles. The molecular formula is C13H22ClN. The zero-order valence-corrected chi connectivity index (χ0v) is 10.9. The summed E-state index contributed by atoms with van der Waals surface area (Å²) in [5.41, 5.74) is 8.79. The largest absolute Gasteiger partial charge is 0.324 e. The molecule has 2 N–H and O–H groups in total. The topological polar surface area (TPSA) is 26.0 Å². The molecule has 0 aliphatic heterocycles. The number of benzene rings is 1. The molecule has 0 aliphatic rings. The Balaban J connectivity index is 0.00000196. The molecule has 0 unspecified atom stereocenters. The van der Waals surface area contributed by atoms with Gasteiger partial charge in [0.1, 0.15) is 0 Å². The Labute approximate surface area is 99.5 Å². The fourth-order valence-electron chi connectivity index (χ4n) is 1.47. The van der Waals surface area contributed by atoms with Crippen LogP contribution in [0.3, 0.4) is 0 Å². The van der Waals surface area contributed by atoms with E-state index in [0.29, 0.717) is 0 Å². The number of hydrogen-bond acceptors (Lipinski definition) is 1. The van der Waals surface area contributed by atoms with E-state index in [1.807, 2.05) is 0 Å². The molecule has 1 atom stereocenters. The maximum absolute atomic E-state index is 5.95. The van der Waals surface area contributed by atoms with Crippen LogP contribution in [0.2, 0.25) is 0 Å². The SMILES string of the molecule is CC[C@H](N)c1ccc(C(C)(C)C)cc1.Cl. The Morgan fingerprint density at radius 1 is 1.13 bits per heavy atom. The third-order valence-corrected chi connectivity index (χ3v) is 2.64. The average molecular weight is 228 g/mol. The fraction of sp³-hybridized carbons (Fsp3) is 0.538. The van der Waals surface area contributed by atoms with Crippen LogP contribution in [0.25, 0.3) is 0 Å². The van der Waals surface area contributed by atoms with Crippen molar-refractivity contribution in [3.8, 4) is 0 Å². The second-order valence-electron chi connectivity index (χ2n) is 4.89. The highest BCUT2D eigenvalue weighted by Gasteiger charge is 2.13. The van der Waals surface area contributed by atoms with E-state index in [-0.39, 0.29) is 23.9 Å². The maximum atomic E-state index is 5.95. The van der Waals surface area contributed by atoms with Crippen molar-refractivity contribution in [2.75, 3.05) is 0 Å². The van der Waals surface area contributed by atoms with Gasteiger partial charge >= 0.3 is 0 Å². The van der Waals surface area contributed by atoms with Gasteiger partial charge in [-0.15, -0.1) is 12.4 Å². The summed E-state index contributed by atoms with van der Waals surface area (Å²) in [7, 11) is 0.